The van der Waals surface area contributed by atoms with Crippen LogP contribution in [0.3, 0.4) is 0 Å². The lowest BCUT2D eigenvalue weighted by Gasteiger charge is -2.54. The van der Waals surface area contributed by atoms with Crippen molar-refractivity contribution in [3.8, 4) is 0 Å². The Balaban J connectivity index is 1.16. The zero-order chi connectivity index (χ0) is 24.8. The Morgan fingerprint density at radius 3 is 2.11 bits per heavy atom. The Kier molecular flexibility index (Phi) is 6.14. The maximum atomic E-state index is 4.94. The zero-order valence-corrected chi connectivity index (χ0v) is 22.0. The van der Waals surface area contributed by atoms with E-state index in [0.717, 1.165) is 29.6 Å². The first kappa shape index (κ1) is 23.2. The Bertz CT molecular complexity index is 1220. The highest BCUT2D eigenvalue weighted by Gasteiger charge is 2.48. The van der Waals surface area contributed by atoms with Crippen molar-refractivity contribution in [1.82, 2.24) is 15.0 Å². The van der Waals surface area contributed by atoms with E-state index in [9.17, 15) is 0 Å². The second kappa shape index (κ2) is 9.77. The molecule has 5 saturated carbocycles. The van der Waals surface area contributed by atoms with Crippen molar-refractivity contribution in [2.75, 3.05) is 16.0 Å². The van der Waals surface area contributed by atoms with Crippen LogP contribution in [0, 0.1) is 23.7 Å². The van der Waals surface area contributed by atoms with Gasteiger partial charge in [-0.1, -0.05) is 61.7 Å². The van der Waals surface area contributed by atoms with Crippen LogP contribution in [0.5, 0.6) is 0 Å². The average molecular weight is 497 g/mol. The van der Waals surface area contributed by atoms with Crippen molar-refractivity contribution >= 4 is 28.6 Å². The number of hydrogen-bond donors (Lipinski definition) is 3. The molecule has 0 amide bonds. The minimum atomic E-state index is 0.0741. The van der Waals surface area contributed by atoms with Crippen LogP contribution in [-0.4, -0.2) is 27.0 Å². The summed E-state index contributed by atoms with van der Waals surface area (Å²) in [5.41, 5.74) is 1.26. The van der Waals surface area contributed by atoms with E-state index in [1.807, 2.05) is 0 Å². The second-order valence-electron chi connectivity index (χ2n) is 12.3. The lowest BCUT2D eigenvalue weighted by Crippen LogP contribution is -2.51. The van der Waals surface area contributed by atoms with Crippen molar-refractivity contribution in [2.24, 2.45) is 23.7 Å². The van der Waals surface area contributed by atoms with Crippen molar-refractivity contribution in [3.05, 3.63) is 48.0 Å². The maximum Gasteiger partial charge on any atom is 0.229 e. The third-order valence-electron chi connectivity index (χ3n) is 9.73. The summed E-state index contributed by atoms with van der Waals surface area (Å²) in [5.74, 6) is 5.56. The van der Waals surface area contributed by atoms with Crippen LogP contribution in [0.25, 0.3) is 10.8 Å². The summed E-state index contributed by atoms with van der Waals surface area (Å²) in [6.07, 6.45) is 13.3. The number of fused-ring (bicyclic) bond motifs is 1. The Labute approximate surface area is 220 Å². The molecule has 8 rings (SSSR count). The van der Waals surface area contributed by atoms with E-state index in [2.05, 4.69) is 65.3 Å². The molecule has 5 aliphatic carbocycles. The van der Waals surface area contributed by atoms with Gasteiger partial charge < -0.3 is 16.0 Å². The highest BCUT2D eigenvalue weighted by Crippen LogP contribution is 2.54. The molecule has 0 saturated heterocycles. The molecule has 194 valence electrons. The number of benzene rings is 2. The van der Waals surface area contributed by atoms with Crippen LogP contribution in [0.4, 0.5) is 17.8 Å². The molecule has 5 fully saturated rings. The molecule has 1 aromatic heterocycles. The van der Waals surface area contributed by atoms with Gasteiger partial charge in [-0.05, 0) is 91.9 Å². The van der Waals surface area contributed by atoms with E-state index in [1.165, 1.54) is 80.5 Å². The molecule has 37 heavy (non-hydrogen) atoms. The molecule has 2 aromatic carbocycles. The SMILES string of the molecule is C[C@@H](Nc1nc(NC2CCCCC2)nc(NC2C3CC4CC(C3)CC2C4)n1)c1cccc2ccccc12. The van der Waals surface area contributed by atoms with Crippen molar-refractivity contribution in [3.63, 3.8) is 0 Å². The molecule has 0 unspecified atom stereocenters. The van der Waals surface area contributed by atoms with Crippen LogP contribution in [0.15, 0.2) is 42.5 Å². The first-order valence-corrected chi connectivity index (χ1v) is 14.7. The van der Waals surface area contributed by atoms with Gasteiger partial charge in [0.1, 0.15) is 0 Å². The van der Waals surface area contributed by atoms with Crippen molar-refractivity contribution < 1.29 is 0 Å². The van der Waals surface area contributed by atoms with Gasteiger partial charge in [0.15, 0.2) is 0 Å². The monoisotopic (exact) mass is 496 g/mol. The quantitative estimate of drug-likeness (QED) is 0.322. The molecule has 0 aliphatic heterocycles. The fraction of sp³-hybridized carbons (Fsp3) is 0.581. The Morgan fingerprint density at radius 1 is 0.703 bits per heavy atom. The molecule has 0 spiro atoms. The minimum Gasteiger partial charge on any atom is -0.351 e. The second-order valence-corrected chi connectivity index (χ2v) is 12.3. The van der Waals surface area contributed by atoms with Crippen LogP contribution in [0.2, 0.25) is 0 Å². The van der Waals surface area contributed by atoms with Gasteiger partial charge in [0, 0.05) is 12.1 Å². The smallest absolute Gasteiger partial charge is 0.229 e. The van der Waals surface area contributed by atoms with E-state index in [-0.39, 0.29) is 6.04 Å². The molecule has 3 N–H and O–H groups in total. The summed E-state index contributed by atoms with van der Waals surface area (Å²) < 4.78 is 0. The average Bonchev–Trinajstić information content (AvgIpc) is 2.90. The third kappa shape index (κ3) is 4.75. The number of hydrogen-bond acceptors (Lipinski definition) is 6. The lowest BCUT2D eigenvalue weighted by molar-refractivity contribution is 0.00728. The molecule has 0 radical (unpaired) electrons. The van der Waals surface area contributed by atoms with Crippen molar-refractivity contribution in [2.45, 2.75) is 89.3 Å². The topological polar surface area (TPSA) is 74.8 Å². The van der Waals surface area contributed by atoms with Gasteiger partial charge in [-0.25, -0.2) is 0 Å². The maximum absolute atomic E-state index is 4.94. The third-order valence-corrected chi connectivity index (χ3v) is 9.73. The van der Waals surface area contributed by atoms with E-state index in [4.69, 9.17) is 15.0 Å². The molecule has 6 nitrogen and oxygen atoms in total. The van der Waals surface area contributed by atoms with Crippen LogP contribution >= 0.6 is 0 Å². The number of rotatable bonds is 7. The summed E-state index contributed by atoms with van der Waals surface area (Å²) in [4.78, 5) is 14.7. The first-order valence-electron chi connectivity index (χ1n) is 14.7. The predicted molar refractivity (Wildman–Crippen MR) is 151 cm³/mol. The Morgan fingerprint density at radius 2 is 1.35 bits per heavy atom. The standard InChI is InChI=1S/C31H40N6/c1-19(26-13-7-9-22-8-5-6-12-27(22)26)32-29-35-30(33-25-10-3-2-4-11-25)37-31(36-29)34-28-23-15-20-14-21(17-23)18-24(28)16-20/h5-9,12-13,19-21,23-25,28H,2-4,10-11,14-18H2,1H3,(H3,32,33,34,35,36,37)/t19-,20?,21?,23?,24?,28?/m1/s1. The summed E-state index contributed by atoms with van der Waals surface area (Å²) in [5, 5.41) is 13.7. The van der Waals surface area contributed by atoms with Crippen LogP contribution in [0.1, 0.15) is 82.7 Å². The fourth-order valence-corrected chi connectivity index (χ4v) is 8.21. The molecule has 4 bridgehead atoms. The Hall–Kier alpha value is -2.89. The van der Waals surface area contributed by atoms with Gasteiger partial charge in [-0.15, -0.1) is 0 Å². The summed E-state index contributed by atoms with van der Waals surface area (Å²) >= 11 is 0. The lowest BCUT2D eigenvalue weighted by atomic mass is 9.54. The molecule has 1 heterocycles. The molecule has 1 atom stereocenters. The predicted octanol–water partition coefficient (Wildman–Crippen LogP) is 7.18. The first-order chi connectivity index (χ1) is 18.2. The number of nitrogens with one attached hydrogen (secondary N) is 3. The van der Waals surface area contributed by atoms with Gasteiger partial charge >= 0.3 is 0 Å². The van der Waals surface area contributed by atoms with Crippen LogP contribution < -0.4 is 16.0 Å². The van der Waals surface area contributed by atoms with Crippen LogP contribution in [-0.2, 0) is 0 Å². The van der Waals surface area contributed by atoms with E-state index in [0.29, 0.717) is 24.0 Å². The summed E-state index contributed by atoms with van der Waals surface area (Å²) in [6, 6.07) is 16.1. The van der Waals surface area contributed by atoms with E-state index >= 15 is 0 Å². The number of nitrogens with zero attached hydrogens (tertiary/aromatic N) is 3. The number of anilines is 3. The molecule has 3 aromatic rings. The fourth-order valence-electron chi connectivity index (χ4n) is 8.21. The van der Waals surface area contributed by atoms with Crippen molar-refractivity contribution in [1.29, 1.82) is 0 Å². The van der Waals surface area contributed by atoms with Gasteiger partial charge in [-0.2, -0.15) is 15.0 Å². The largest absolute Gasteiger partial charge is 0.351 e. The molecule has 5 aliphatic rings. The molecule has 6 heteroatoms. The normalized spacial score (nSPS) is 29.8. The molecular formula is C31H40N6. The summed E-state index contributed by atoms with van der Waals surface area (Å²) in [7, 11) is 0. The summed E-state index contributed by atoms with van der Waals surface area (Å²) in [6.45, 7) is 2.20. The minimum absolute atomic E-state index is 0.0741. The van der Waals surface area contributed by atoms with Gasteiger partial charge in [0.05, 0.1) is 6.04 Å². The molecular weight excluding hydrogens is 456 g/mol. The van der Waals surface area contributed by atoms with Gasteiger partial charge in [0.25, 0.3) is 0 Å². The highest BCUT2D eigenvalue weighted by molar-refractivity contribution is 5.86. The van der Waals surface area contributed by atoms with Gasteiger partial charge in [-0.3, -0.25) is 0 Å². The van der Waals surface area contributed by atoms with E-state index in [1.54, 1.807) is 0 Å². The van der Waals surface area contributed by atoms with E-state index < -0.39 is 0 Å². The number of aromatic nitrogens is 3. The zero-order valence-electron chi connectivity index (χ0n) is 22.0. The highest BCUT2D eigenvalue weighted by atomic mass is 15.3. The van der Waals surface area contributed by atoms with Gasteiger partial charge in [0.2, 0.25) is 17.8 Å².